The highest BCUT2D eigenvalue weighted by Crippen LogP contribution is 2.06. The van der Waals surface area contributed by atoms with Crippen molar-refractivity contribution in [2.45, 2.75) is 6.92 Å². The molecule has 0 aliphatic carbocycles. The highest BCUT2D eigenvalue weighted by Gasteiger charge is 1.96. The van der Waals surface area contributed by atoms with Crippen molar-refractivity contribution in [2.24, 2.45) is 9.98 Å². The van der Waals surface area contributed by atoms with Crippen LogP contribution in [0.5, 0.6) is 0 Å². The van der Waals surface area contributed by atoms with Gasteiger partial charge in [0.05, 0.1) is 5.70 Å². The molecule has 0 atom stereocenters. The number of hydrogen-bond acceptors (Lipinski definition) is 3. The zero-order valence-corrected chi connectivity index (χ0v) is 7.33. The number of hydrogen-bond donors (Lipinski definition) is 0. The Labute approximate surface area is 72.5 Å². The monoisotopic (exact) mass is 161 g/mol. The van der Waals surface area contributed by atoms with Gasteiger partial charge >= 0.3 is 0 Å². The van der Waals surface area contributed by atoms with Crippen molar-refractivity contribution in [3.8, 4) is 6.07 Å². The van der Waals surface area contributed by atoms with Gasteiger partial charge in [0.15, 0.2) is 0 Å². The van der Waals surface area contributed by atoms with E-state index in [1.165, 1.54) is 0 Å². The molecule has 0 radical (unpaired) electrons. The number of allylic oxidation sites excluding steroid dienone is 2. The van der Waals surface area contributed by atoms with Crippen molar-refractivity contribution in [3.63, 3.8) is 0 Å². The van der Waals surface area contributed by atoms with Crippen LogP contribution in [0.25, 0.3) is 0 Å². The van der Waals surface area contributed by atoms with Gasteiger partial charge in [0.1, 0.15) is 11.8 Å². The van der Waals surface area contributed by atoms with Gasteiger partial charge in [0, 0.05) is 7.05 Å². The number of aliphatic imine (C=N–C) groups is 2. The first-order valence-corrected chi connectivity index (χ1v) is 3.37. The Hall–Kier alpha value is -1.69. The lowest BCUT2D eigenvalue weighted by Gasteiger charge is -1.96. The largest absolute Gasteiger partial charge is 0.278 e. The Morgan fingerprint density at radius 2 is 2.17 bits per heavy atom. The molecule has 12 heavy (non-hydrogen) atoms. The van der Waals surface area contributed by atoms with E-state index in [0.717, 1.165) is 5.57 Å². The molecule has 0 aromatic heterocycles. The van der Waals surface area contributed by atoms with Crippen LogP contribution < -0.4 is 0 Å². The molecular weight excluding hydrogens is 150 g/mol. The van der Waals surface area contributed by atoms with Crippen molar-refractivity contribution in [1.29, 1.82) is 5.26 Å². The summed E-state index contributed by atoms with van der Waals surface area (Å²) in [4.78, 5) is 7.43. The molecule has 0 fully saturated rings. The van der Waals surface area contributed by atoms with Crippen molar-refractivity contribution in [1.82, 2.24) is 0 Å². The molecule has 0 unspecified atom stereocenters. The number of nitrogens with zero attached hydrogens (tertiary/aromatic N) is 3. The summed E-state index contributed by atoms with van der Waals surface area (Å²) in [5, 5.41) is 8.54. The molecule has 0 N–H and O–H groups in total. The van der Waals surface area contributed by atoms with Crippen molar-refractivity contribution in [3.05, 3.63) is 23.9 Å². The van der Waals surface area contributed by atoms with E-state index < -0.39 is 0 Å². The third kappa shape index (κ3) is 2.93. The maximum absolute atomic E-state index is 8.54. The Morgan fingerprint density at radius 3 is 2.42 bits per heavy atom. The van der Waals surface area contributed by atoms with E-state index >= 15 is 0 Å². The highest BCUT2D eigenvalue weighted by molar-refractivity contribution is 6.07. The van der Waals surface area contributed by atoms with E-state index in [2.05, 4.69) is 23.3 Å². The van der Waals surface area contributed by atoms with Crippen molar-refractivity contribution >= 4 is 12.4 Å². The Bertz CT molecular complexity index is 289. The van der Waals surface area contributed by atoms with E-state index in [-0.39, 0.29) is 0 Å². The van der Waals surface area contributed by atoms with Crippen LogP contribution in [0, 0.1) is 11.3 Å². The second-order valence-corrected chi connectivity index (χ2v) is 2.19. The third-order valence-electron chi connectivity index (χ3n) is 1.24. The molecule has 0 rings (SSSR count). The van der Waals surface area contributed by atoms with Gasteiger partial charge in [-0.05, 0) is 25.3 Å². The molecule has 0 bridgehead atoms. The van der Waals surface area contributed by atoms with Crippen LogP contribution in [0.3, 0.4) is 0 Å². The molecule has 0 saturated heterocycles. The van der Waals surface area contributed by atoms with E-state index in [4.69, 9.17) is 5.26 Å². The fraction of sp³-hybridized carbons (Fsp3) is 0.222. The van der Waals surface area contributed by atoms with E-state index in [1.54, 1.807) is 20.0 Å². The predicted molar refractivity (Wildman–Crippen MR) is 51.4 cm³/mol. The smallest absolute Gasteiger partial charge is 0.137 e. The minimum Gasteiger partial charge on any atom is -0.278 e. The molecule has 0 heterocycles. The van der Waals surface area contributed by atoms with Gasteiger partial charge in [0.2, 0.25) is 0 Å². The zero-order valence-electron chi connectivity index (χ0n) is 7.33. The average Bonchev–Trinajstić information content (AvgIpc) is 2.06. The molecule has 0 aliphatic heterocycles. The van der Waals surface area contributed by atoms with Gasteiger partial charge in [-0.25, -0.2) is 0 Å². The van der Waals surface area contributed by atoms with Gasteiger partial charge in [-0.15, -0.1) is 0 Å². The molecule has 0 aromatic carbocycles. The third-order valence-corrected chi connectivity index (χ3v) is 1.24. The Balaban J connectivity index is 4.86. The topological polar surface area (TPSA) is 48.5 Å². The quantitative estimate of drug-likeness (QED) is 0.459. The lowest BCUT2D eigenvalue weighted by molar-refractivity contribution is 1.31. The minimum atomic E-state index is 0.320. The van der Waals surface area contributed by atoms with Gasteiger partial charge in [-0.1, -0.05) is 6.58 Å². The fourth-order valence-corrected chi connectivity index (χ4v) is 0.580. The maximum Gasteiger partial charge on any atom is 0.137 e. The molecule has 62 valence electrons. The summed E-state index contributed by atoms with van der Waals surface area (Å²) in [7, 11) is 1.55. The van der Waals surface area contributed by atoms with Crippen molar-refractivity contribution in [2.75, 3.05) is 7.05 Å². The lowest BCUT2D eigenvalue weighted by Crippen LogP contribution is -1.90. The van der Waals surface area contributed by atoms with Crippen LogP contribution in [0.4, 0.5) is 0 Å². The van der Waals surface area contributed by atoms with Gasteiger partial charge in [-0.2, -0.15) is 5.26 Å². The lowest BCUT2D eigenvalue weighted by atomic mass is 10.2. The first-order chi connectivity index (χ1) is 5.65. The first kappa shape index (κ1) is 10.3. The van der Waals surface area contributed by atoms with Gasteiger partial charge in [0.25, 0.3) is 0 Å². The molecule has 0 spiro atoms. The number of rotatable bonds is 3. The average molecular weight is 161 g/mol. The molecule has 3 nitrogen and oxygen atoms in total. The van der Waals surface area contributed by atoms with Crippen LogP contribution in [-0.4, -0.2) is 19.5 Å². The van der Waals surface area contributed by atoms with Crippen LogP contribution in [0.1, 0.15) is 6.92 Å². The van der Waals surface area contributed by atoms with Crippen LogP contribution in [0.15, 0.2) is 33.9 Å². The van der Waals surface area contributed by atoms with Crippen LogP contribution in [-0.2, 0) is 0 Å². The maximum atomic E-state index is 8.54. The van der Waals surface area contributed by atoms with Crippen LogP contribution in [0.2, 0.25) is 0 Å². The second-order valence-electron chi connectivity index (χ2n) is 2.19. The molecule has 0 aromatic rings. The number of nitriles is 1. The summed E-state index contributed by atoms with van der Waals surface area (Å²) in [6.07, 6.45) is 1.55. The molecular formula is C9H11N3. The molecule has 3 heteroatoms. The van der Waals surface area contributed by atoms with E-state index in [1.807, 2.05) is 6.07 Å². The Morgan fingerprint density at radius 1 is 1.58 bits per heavy atom. The summed E-state index contributed by atoms with van der Waals surface area (Å²) in [5.41, 5.74) is 1.68. The SMILES string of the molecule is C=N/C(=C/C(C#N)=NC)C(=C)C. The summed E-state index contributed by atoms with van der Waals surface area (Å²) in [6.45, 7) is 8.84. The molecule has 0 aliphatic rings. The predicted octanol–water partition coefficient (Wildman–Crippen LogP) is 1.74. The van der Waals surface area contributed by atoms with Gasteiger partial charge in [-0.3, -0.25) is 9.98 Å². The minimum absolute atomic E-state index is 0.320. The molecule has 0 saturated carbocycles. The van der Waals surface area contributed by atoms with Crippen molar-refractivity contribution < 1.29 is 0 Å². The second kappa shape index (κ2) is 5.03. The summed E-state index contributed by atoms with van der Waals surface area (Å²) >= 11 is 0. The van der Waals surface area contributed by atoms with E-state index in [9.17, 15) is 0 Å². The highest BCUT2D eigenvalue weighted by atomic mass is 14.7. The van der Waals surface area contributed by atoms with E-state index in [0.29, 0.717) is 11.4 Å². The molecule has 0 amide bonds. The van der Waals surface area contributed by atoms with Crippen LogP contribution >= 0.6 is 0 Å². The summed E-state index contributed by atoms with van der Waals surface area (Å²) < 4.78 is 0. The summed E-state index contributed by atoms with van der Waals surface area (Å²) in [5.74, 6) is 0. The normalized spacial score (nSPS) is 12.1. The Kier molecular flexibility index (Phi) is 4.32. The zero-order chi connectivity index (χ0) is 9.56. The summed E-state index contributed by atoms with van der Waals surface area (Å²) in [6, 6.07) is 1.92. The first-order valence-electron chi connectivity index (χ1n) is 3.37. The van der Waals surface area contributed by atoms with Gasteiger partial charge < -0.3 is 0 Å². The fourth-order valence-electron chi connectivity index (χ4n) is 0.580. The standard InChI is InChI=1S/C9H11N3/c1-7(2)9(12-4)5-8(6-10)11-3/h5H,1,4H2,2-3H3/b9-5+,11-8?.